The van der Waals surface area contributed by atoms with Crippen molar-refractivity contribution >= 4 is 23.0 Å². The molecule has 2 heterocycles. The highest BCUT2D eigenvalue weighted by atomic mass is 16.5. The van der Waals surface area contributed by atoms with Crippen LogP contribution in [0.1, 0.15) is 32.6 Å². The molecule has 0 aliphatic rings. The minimum atomic E-state index is -0.249. The van der Waals surface area contributed by atoms with Crippen LogP contribution in [0, 0.1) is 0 Å². The zero-order chi connectivity index (χ0) is 23.9. The van der Waals surface area contributed by atoms with Crippen LogP contribution in [0.3, 0.4) is 0 Å². The van der Waals surface area contributed by atoms with Crippen molar-refractivity contribution in [2.75, 3.05) is 0 Å². The topological polar surface area (TPSA) is 79.4 Å². The van der Waals surface area contributed by atoms with Crippen molar-refractivity contribution < 1.29 is 9.53 Å². The lowest BCUT2D eigenvalue weighted by atomic mass is 9.99. The first-order valence-electron chi connectivity index (χ1n) is 11.4. The van der Waals surface area contributed by atoms with Crippen LogP contribution in [0.5, 0.6) is 5.88 Å². The van der Waals surface area contributed by atoms with Gasteiger partial charge in [-0.1, -0.05) is 78.9 Å². The Labute approximate surface area is 203 Å². The van der Waals surface area contributed by atoms with Crippen LogP contribution in [0.2, 0.25) is 0 Å². The van der Waals surface area contributed by atoms with Crippen LogP contribution < -0.4 is 10.2 Å². The molecule has 6 heteroatoms. The number of fused-ring (bicyclic) bond motifs is 1. The van der Waals surface area contributed by atoms with Gasteiger partial charge in [-0.05, 0) is 29.2 Å². The molecule has 3 aromatic carbocycles. The number of aromatic amines is 1. The average Bonchev–Trinajstić information content (AvgIpc) is 3.31. The van der Waals surface area contributed by atoms with Gasteiger partial charge in [0.25, 0.3) is 5.91 Å². The number of hydrogen-bond donors (Lipinski definition) is 2. The van der Waals surface area contributed by atoms with E-state index in [1.54, 1.807) is 12.4 Å². The quantitative estimate of drug-likeness (QED) is 0.237. The molecule has 0 spiro atoms. The molecule has 2 N–H and O–H groups in total. The summed E-state index contributed by atoms with van der Waals surface area (Å²) in [7, 11) is 0. The Bertz CT molecular complexity index is 1460. The van der Waals surface area contributed by atoms with Gasteiger partial charge in [0.1, 0.15) is 6.61 Å². The van der Waals surface area contributed by atoms with Crippen molar-refractivity contribution in [2.45, 2.75) is 13.0 Å². The number of carbonyl (C=O) groups excluding carboxylic acids is 1. The van der Waals surface area contributed by atoms with Gasteiger partial charge in [-0.3, -0.25) is 4.79 Å². The van der Waals surface area contributed by atoms with Crippen molar-refractivity contribution in [1.82, 2.24) is 15.4 Å². The van der Waals surface area contributed by atoms with Crippen molar-refractivity contribution in [3.05, 3.63) is 131 Å². The highest BCUT2D eigenvalue weighted by Gasteiger charge is 2.11. The minimum absolute atomic E-state index is 0.249. The molecule has 5 aromatic rings. The molecule has 0 saturated carbocycles. The first-order valence-corrected chi connectivity index (χ1v) is 11.4. The van der Waals surface area contributed by atoms with Crippen molar-refractivity contribution in [1.29, 1.82) is 0 Å². The summed E-state index contributed by atoms with van der Waals surface area (Å²) < 4.78 is 5.85. The van der Waals surface area contributed by atoms with E-state index in [2.05, 4.69) is 32.6 Å². The lowest BCUT2D eigenvalue weighted by Gasteiger charge is -2.08. The lowest BCUT2D eigenvalue weighted by molar-refractivity contribution is 0.0954. The smallest absolute Gasteiger partial charge is 0.271 e. The maximum Gasteiger partial charge on any atom is 0.271 e. The summed E-state index contributed by atoms with van der Waals surface area (Å²) in [6, 6.07) is 29.5. The van der Waals surface area contributed by atoms with Crippen LogP contribution in [0.25, 0.3) is 10.9 Å². The second-order valence-corrected chi connectivity index (χ2v) is 8.11. The fraction of sp³-hybridized carbons (Fsp3) is 0.0690. The molecular weight excluding hydrogens is 436 g/mol. The molecule has 0 bridgehead atoms. The first kappa shape index (κ1) is 22.1. The highest BCUT2D eigenvalue weighted by Crippen LogP contribution is 2.21. The van der Waals surface area contributed by atoms with Gasteiger partial charge in [-0.2, -0.15) is 5.10 Å². The molecule has 172 valence electrons. The second-order valence-electron chi connectivity index (χ2n) is 8.11. The number of hydrazone groups is 1. The number of amides is 1. The molecule has 0 unspecified atom stereocenters. The van der Waals surface area contributed by atoms with Gasteiger partial charge < -0.3 is 9.72 Å². The second kappa shape index (κ2) is 10.5. The number of hydrogen-bond acceptors (Lipinski definition) is 4. The molecule has 1 amide bonds. The normalized spacial score (nSPS) is 11.1. The summed E-state index contributed by atoms with van der Waals surface area (Å²) in [5.41, 5.74) is 8.11. The van der Waals surface area contributed by atoms with E-state index >= 15 is 0 Å². The molecule has 0 fully saturated rings. The van der Waals surface area contributed by atoms with Crippen LogP contribution in [-0.2, 0) is 13.0 Å². The van der Waals surface area contributed by atoms with Crippen LogP contribution in [0.15, 0.2) is 108 Å². The molecule has 0 atom stereocenters. The Morgan fingerprint density at radius 3 is 2.46 bits per heavy atom. The molecule has 35 heavy (non-hydrogen) atoms. The number of aromatic nitrogens is 2. The van der Waals surface area contributed by atoms with Crippen LogP contribution >= 0.6 is 0 Å². The van der Waals surface area contributed by atoms with E-state index in [-0.39, 0.29) is 5.91 Å². The summed E-state index contributed by atoms with van der Waals surface area (Å²) in [5, 5.41) is 5.11. The van der Waals surface area contributed by atoms with Crippen LogP contribution in [-0.4, -0.2) is 22.1 Å². The van der Waals surface area contributed by atoms with Gasteiger partial charge in [-0.15, -0.1) is 0 Å². The zero-order valence-electron chi connectivity index (χ0n) is 19.0. The molecule has 5 rings (SSSR count). The zero-order valence-corrected chi connectivity index (χ0v) is 19.0. The molecule has 0 aliphatic carbocycles. The van der Waals surface area contributed by atoms with E-state index in [1.807, 2.05) is 85.1 Å². The van der Waals surface area contributed by atoms with Gasteiger partial charge >= 0.3 is 0 Å². The van der Waals surface area contributed by atoms with E-state index in [1.165, 1.54) is 0 Å². The standard InChI is InChI=1S/C29H24N4O2/c34-29(25-14-8-7-13-23(25)15-21-9-3-1-4-10-21)33-32-18-24-17-30-27-19-31-28(16-26(24)27)35-20-22-11-5-2-6-12-22/h1-14,16-19,30H,15,20H2,(H,33,34). The summed E-state index contributed by atoms with van der Waals surface area (Å²) in [6.07, 6.45) is 5.85. The largest absolute Gasteiger partial charge is 0.473 e. The molecule has 0 saturated heterocycles. The fourth-order valence-electron chi connectivity index (χ4n) is 3.87. The summed E-state index contributed by atoms with van der Waals surface area (Å²) in [4.78, 5) is 20.4. The number of pyridine rings is 1. The van der Waals surface area contributed by atoms with Gasteiger partial charge in [0, 0.05) is 28.8 Å². The molecule has 2 aromatic heterocycles. The van der Waals surface area contributed by atoms with E-state index < -0.39 is 0 Å². The van der Waals surface area contributed by atoms with Crippen molar-refractivity contribution in [3.8, 4) is 5.88 Å². The number of H-pyrrole nitrogens is 1. The first-order chi connectivity index (χ1) is 17.3. The maximum atomic E-state index is 12.9. The number of rotatable bonds is 8. The lowest BCUT2D eigenvalue weighted by Crippen LogP contribution is -2.19. The van der Waals surface area contributed by atoms with E-state index in [0.717, 1.165) is 33.2 Å². The van der Waals surface area contributed by atoms with E-state index in [9.17, 15) is 4.79 Å². The Hall–Kier alpha value is -4.71. The SMILES string of the molecule is O=C(NN=Cc1c[nH]c2cnc(OCc3ccccc3)cc12)c1ccccc1Cc1ccccc1. The number of nitrogens with one attached hydrogen (secondary N) is 2. The number of nitrogens with zero attached hydrogens (tertiary/aromatic N) is 2. The Morgan fingerprint density at radius 2 is 1.66 bits per heavy atom. The molecule has 0 radical (unpaired) electrons. The van der Waals surface area contributed by atoms with Crippen molar-refractivity contribution in [3.63, 3.8) is 0 Å². The average molecular weight is 461 g/mol. The van der Waals surface area contributed by atoms with Crippen molar-refractivity contribution in [2.24, 2.45) is 5.10 Å². The van der Waals surface area contributed by atoms with E-state index in [4.69, 9.17) is 4.74 Å². The maximum absolute atomic E-state index is 12.9. The highest BCUT2D eigenvalue weighted by molar-refractivity contribution is 6.00. The summed E-state index contributed by atoms with van der Waals surface area (Å²) in [6.45, 7) is 0.436. The molecular formula is C29H24N4O2. The third kappa shape index (κ3) is 5.45. The third-order valence-corrected chi connectivity index (χ3v) is 5.67. The minimum Gasteiger partial charge on any atom is -0.473 e. The predicted molar refractivity (Wildman–Crippen MR) is 138 cm³/mol. The molecule has 0 aliphatic heterocycles. The van der Waals surface area contributed by atoms with E-state index in [0.29, 0.717) is 24.5 Å². The summed E-state index contributed by atoms with van der Waals surface area (Å²) >= 11 is 0. The summed E-state index contributed by atoms with van der Waals surface area (Å²) in [5.74, 6) is 0.274. The van der Waals surface area contributed by atoms with Gasteiger partial charge in [0.2, 0.25) is 5.88 Å². The van der Waals surface area contributed by atoms with Gasteiger partial charge in [0.05, 0.1) is 17.9 Å². The Morgan fingerprint density at radius 1 is 0.943 bits per heavy atom. The third-order valence-electron chi connectivity index (χ3n) is 5.67. The molecule has 6 nitrogen and oxygen atoms in total. The fourth-order valence-corrected chi connectivity index (χ4v) is 3.87. The van der Waals surface area contributed by atoms with Crippen LogP contribution in [0.4, 0.5) is 0 Å². The predicted octanol–water partition coefficient (Wildman–Crippen LogP) is 5.50. The number of benzene rings is 3. The van der Waals surface area contributed by atoms with Gasteiger partial charge in [-0.25, -0.2) is 10.4 Å². The number of ether oxygens (including phenoxy) is 1. The van der Waals surface area contributed by atoms with Gasteiger partial charge in [0.15, 0.2) is 0 Å². The monoisotopic (exact) mass is 460 g/mol. The number of carbonyl (C=O) groups is 1. The Kier molecular flexibility index (Phi) is 6.62. The Balaban J connectivity index is 1.27.